The van der Waals surface area contributed by atoms with E-state index in [2.05, 4.69) is 36.2 Å². The molecule has 18 heteroatoms. The lowest BCUT2D eigenvalue weighted by Gasteiger charge is -2.43. The Balaban J connectivity index is 0.000000687. The molecule has 1 aliphatic rings. The van der Waals surface area contributed by atoms with Crippen molar-refractivity contribution in [3.05, 3.63) is 64.4 Å². The highest BCUT2D eigenvalue weighted by molar-refractivity contribution is 6.30. The molecule has 0 aromatic heterocycles. The first-order valence-corrected chi connectivity index (χ1v) is 14.5. The Hall–Kier alpha value is -3.67. The van der Waals surface area contributed by atoms with E-state index in [9.17, 15) is 40.6 Å². The second-order valence-corrected chi connectivity index (χ2v) is 11.8. The van der Waals surface area contributed by atoms with E-state index in [0.29, 0.717) is 24.1 Å². The van der Waals surface area contributed by atoms with E-state index in [1.54, 1.807) is 6.92 Å². The molecule has 0 radical (unpaired) electrons. The second-order valence-electron chi connectivity index (χ2n) is 11.3. The van der Waals surface area contributed by atoms with Gasteiger partial charge in [-0.1, -0.05) is 36.7 Å². The first-order chi connectivity index (χ1) is 21.9. The zero-order valence-electron chi connectivity index (χ0n) is 25.9. The van der Waals surface area contributed by atoms with Crippen molar-refractivity contribution < 1.29 is 70.3 Å². The zero-order chi connectivity index (χ0) is 37.0. The third-order valence-corrected chi connectivity index (χ3v) is 7.12. The number of hydrogen-bond acceptors (Lipinski definition) is 7. The van der Waals surface area contributed by atoms with Gasteiger partial charge in [0.15, 0.2) is 0 Å². The first kappa shape index (κ1) is 42.4. The van der Waals surface area contributed by atoms with E-state index in [1.807, 2.05) is 12.1 Å². The maximum absolute atomic E-state index is 13.6. The lowest BCUT2D eigenvalue weighted by Crippen LogP contribution is -2.55. The smallest absolute Gasteiger partial charge is 0.490 e. The number of aliphatic carboxylic acids is 3. The summed E-state index contributed by atoms with van der Waals surface area (Å²) < 4.78 is 82.8. The van der Waals surface area contributed by atoms with Crippen molar-refractivity contribution in [1.29, 1.82) is 0 Å². The van der Waals surface area contributed by atoms with Gasteiger partial charge >= 0.3 is 30.3 Å². The van der Waals surface area contributed by atoms with Crippen LogP contribution in [0.15, 0.2) is 42.5 Å². The zero-order valence-corrected chi connectivity index (χ0v) is 26.7. The van der Waals surface area contributed by atoms with Gasteiger partial charge in [0.05, 0.1) is 6.42 Å². The van der Waals surface area contributed by atoms with Crippen molar-refractivity contribution in [3.8, 4) is 5.75 Å². The number of rotatable bonds is 10. The minimum Gasteiger partial charge on any atom is -0.490 e. The van der Waals surface area contributed by atoms with E-state index in [-0.39, 0.29) is 24.8 Å². The summed E-state index contributed by atoms with van der Waals surface area (Å²) in [7, 11) is 0. The Morgan fingerprint density at radius 3 is 1.96 bits per heavy atom. The Labute approximate surface area is 276 Å². The van der Waals surface area contributed by atoms with Crippen LogP contribution in [0.25, 0.3) is 0 Å². The van der Waals surface area contributed by atoms with Crippen LogP contribution in [0.1, 0.15) is 38.3 Å². The van der Waals surface area contributed by atoms with E-state index >= 15 is 0 Å². The molecule has 48 heavy (non-hydrogen) atoms. The summed E-state index contributed by atoms with van der Waals surface area (Å²) in [5, 5.41) is 38.4. The number of piperidine rings is 1. The van der Waals surface area contributed by atoms with E-state index in [1.165, 1.54) is 17.7 Å². The third-order valence-electron chi connectivity index (χ3n) is 6.87. The minimum absolute atomic E-state index is 0.0879. The fraction of sp³-hybridized carbons (Fsp3) is 0.500. The van der Waals surface area contributed by atoms with Gasteiger partial charge in [-0.15, -0.1) is 0 Å². The molecule has 1 aliphatic heterocycles. The molecular formula is C30H36ClF7N2O8. The molecule has 5 N–H and O–H groups in total. The van der Waals surface area contributed by atoms with Crippen molar-refractivity contribution in [2.75, 3.05) is 19.7 Å². The molecule has 270 valence electrons. The van der Waals surface area contributed by atoms with Gasteiger partial charge in [0, 0.05) is 48.4 Å². The number of alkyl halides is 6. The minimum atomic E-state index is -5.08. The molecule has 1 fully saturated rings. The van der Waals surface area contributed by atoms with E-state index in [4.69, 9.17) is 41.2 Å². The monoisotopic (exact) mass is 720 g/mol. The fourth-order valence-corrected chi connectivity index (χ4v) is 4.49. The number of aliphatic hydroxyl groups is 1. The van der Waals surface area contributed by atoms with Gasteiger partial charge in [-0.2, -0.15) is 26.3 Å². The van der Waals surface area contributed by atoms with Crippen LogP contribution in [-0.4, -0.2) is 93.0 Å². The van der Waals surface area contributed by atoms with Crippen LogP contribution < -0.4 is 10.1 Å². The summed E-state index contributed by atoms with van der Waals surface area (Å²) in [5.74, 6) is -6.55. The lowest BCUT2D eigenvalue weighted by molar-refractivity contribution is -0.193. The van der Waals surface area contributed by atoms with Crippen molar-refractivity contribution in [1.82, 2.24) is 10.2 Å². The van der Waals surface area contributed by atoms with Crippen LogP contribution >= 0.6 is 11.6 Å². The molecular weight excluding hydrogens is 685 g/mol. The number of carbonyl (C=O) groups is 3. The molecule has 0 aliphatic carbocycles. The number of halogens is 8. The Morgan fingerprint density at radius 2 is 1.48 bits per heavy atom. The quantitative estimate of drug-likeness (QED) is 0.202. The van der Waals surface area contributed by atoms with Gasteiger partial charge in [-0.25, -0.2) is 14.0 Å². The summed E-state index contributed by atoms with van der Waals surface area (Å²) >= 11 is 6.00. The van der Waals surface area contributed by atoms with E-state index < -0.39 is 41.7 Å². The van der Waals surface area contributed by atoms with Gasteiger partial charge in [0.1, 0.15) is 23.8 Å². The second kappa shape index (κ2) is 18.2. The molecule has 0 amide bonds. The maximum atomic E-state index is 13.6. The predicted molar refractivity (Wildman–Crippen MR) is 158 cm³/mol. The standard InChI is InChI=1S/C26H34ClFN2O4.2C2HF3O2/c1-17-13-30(14-19-4-7-21(27)8-5-19)18(2)10-23(17)29-15-26(3,33)16-34-24-12-22(28)9-6-20(24)11-25(31)32;2*3-2(4,5)1(6)7/h4-9,12,17-18,23,29,33H,10-11,13-16H2,1-3H3,(H,31,32);2*(H,6,7)/t17-,18+,23?,26-;;/m0../s1. The summed E-state index contributed by atoms with van der Waals surface area (Å²) in [6, 6.07) is 12.3. The number of carboxylic acid groups (broad SMARTS) is 3. The molecule has 10 nitrogen and oxygen atoms in total. The van der Waals surface area contributed by atoms with Crippen molar-refractivity contribution in [2.24, 2.45) is 5.92 Å². The van der Waals surface area contributed by atoms with Gasteiger partial charge in [0.25, 0.3) is 0 Å². The normalized spacial score (nSPS) is 19.5. The summed E-state index contributed by atoms with van der Waals surface area (Å²) in [4.78, 5) is 31.3. The molecule has 2 aromatic rings. The first-order valence-electron chi connectivity index (χ1n) is 14.1. The molecule has 1 saturated heterocycles. The fourth-order valence-electron chi connectivity index (χ4n) is 4.36. The summed E-state index contributed by atoms with van der Waals surface area (Å²) in [6.07, 6.45) is -9.50. The highest BCUT2D eigenvalue weighted by atomic mass is 35.5. The number of likely N-dealkylation sites (tertiary alicyclic amines) is 1. The SMILES string of the molecule is C[C@@H]1CC(NC[C@](C)(O)COc2cc(F)ccc2CC(=O)O)[C@@H](C)CN1Cc1ccc(Cl)cc1.O=C(O)C(F)(F)F.O=C(O)C(F)(F)F. The Kier molecular flexibility index (Phi) is 16.1. The number of benzene rings is 2. The number of ether oxygens (including phenoxy) is 1. The molecule has 1 unspecified atom stereocenters. The van der Waals surface area contributed by atoms with Crippen LogP contribution in [0, 0.1) is 11.7 Å². The molecule has 3 rings (SSSR count). The average molecular weight is 721 g/mol. The molecule has 0 saturated carbocycles. The van der Waals surface area contributed by atoms with Crippen LogP contribution in [0.4, 0.5) is 30.7 Å². The topological polar surface area (TPSA) is 157 Å². The Morgan fingerprint density at radius 1 is 0.958 bits per heavy atom. The largest absolute Gasteiger partial charge is 0.490 e. The number of hydrogen-bond donors (Lipinski definition) is 5. The highest BCUT2D eigenvalue weighted by Crippen LogP contribution is 2.26. The van der Waals surface area contributed by atoms with Gasteiger partial charge < -0.3 is 30.5 Å². The molecule has 1 heterocycles. The van der Waals surface area contributed by atoms with Crippen LogP contribution in [-0.2, 0) is 27.3 Å². The van der Waals surface area contributed by atoms with Crippen molar-refractivity contribution >= 4 is 29.5 Å². The van der Waals surface area contributed by atoms with Gasteiger partial charge in [-0.05, 0) is 49.9 Å². The average Bonchev–Trinajstić information content (AvgIpc) is 2.95. The Bertz CT molecular complexity index is 1330. The highest BCUT2D eigenvalue weighted by Gasteiger charge is 2.39. The number of carboxylic acids is 3. The van der Waals surface area contributed by atoms with Crippen molar-refractivity contribution in [3.63, 3.8) is 0 Å². The number of nitrogens with zero attached hydrogens (tertiary/aromatic N) is 1. The van der Waals surface area contributed by atoms with E-state index in [0.717, 1.165) is 30.6 Å². The molecule has 2 aromatic carbocycles. The lowest BCUT2D eigenvalue weighted by atomic mass is 9.88. The predicted octanol–water partition coefficient (Wildman–Crippen LogP) is 5.39. The number of nitrogens with one attached hydrogen (secondary N) is 1. The summed E-state index contributed by atoms with van der Waals surface area (Å²) in [5.41, 5.74) is 0.388. The van der Waals surface area contributed by atoms with Crippen LogP contribution in [0.2, 0.25) is 5.02 Å². The third kappa shape index (κ3) is 16.0. The molecule has 4 atom stereocenters. The van der Waals surface area contributed by atoms with Crippen LogP contribution in [0.5, 0.6) is 5.75 Å². The molecule has 0 spiro atoms. The van der Waals surface area contributed by atoms with Crippen LogP contribution in [0.3, 0.4) is 0 Å². The molecule has 0 bridgehead atoms. The van der Waals surface area contributed by atoms with Gasteiger partial charge in [-0.3, -0.25) is 9.69 Å². The van der Waals surface area contributed by atoms with Crippen molar-refractivity contribution in [2.45, 2.75) is 70.2 Å². The van der Waals surface area contributed by atoms with Gasteiger partial charge in [0.2, 0.25) is 0 Å². The summed E-state index contributed by atoms with van der Waals surface area (Å²) in [6.45, 7) is 8.08. The maximum Gasteiger partial charge on any atom is 0.490 e.